The van der Waals surface area contributed by atoms with Crippen molar-refractivity contribution in [1.29, 1.82) is 0 Å². The van der Waals surface area contributed by atoms with Crippen molar-refractivity contribution in [3.63, 3.8) is 0 Å². The van der Waals surface area contributed by atoms with Crippen LogP contribution in [0.25, 0.3) is 0 Å². The molecule has 22 heavy (non-hydrogen) atoms. The van der Waals surface area contributed by atoms with Crippen LogP contribution in [-0.2, 0) is 9.59 Å². The minimum absolute atomic E-state index is 0.479. The first-order chi connectivity index (χ1) is 10.4. The van der Waals surface area contributed by atoms with Gasteiger partial charge in [-0.2, -0.15) is 0 Å². The first kappa shape index (κ1) is 16.3. The van der Waals surface area contributed by atoms with Crippen LogP contribution in [0.2, 0.25) is 10.0 Å². The molecule has 0 aliphatic carbocycles. The number of anilines is 2. The van der Waals surface area contributed by atoms with E-state index in [0.29, 0.717) is 21.4 Å². The van der Waals surface area contributed by atoms with Gasteiger partial charge in [0.15, 0.2) is 0 Å². The molecule has 0 spiro atoms. The molecular weight excluding hydrogens is 323 g/mol. The zero-order valence-corrected chi connectivity index (χ0v) is 13.5. The lowest BCUT2D eigenvalue weighted by Gasteiger charge is -2.10. The lowest BCUT2D eigenvalue weighted by Crippen LogP contribution is -2.29. The Morgan fingerprint density at radius 2 is 1.14 bits per heavy atom. The second-order valence-electron chi connectivity index (χ2n) is 4.83. The Morgan fingerprint density at radius 3 is 1.50 bits per heavy atom. The van der Waals surface area contributed by atoms with Crippen molar-refractivity contribution < 1.29 is 9.59 Å². The number of hydrogen-bond acceptors (Lipinski definition) is 2. The predicted octanol–water partition coefficient (Wildman–Crippen LogP) is 4.19. The fraction of sp³-hybridized carbons (Fsp3) is 0.125. The molecule has 2 N–H and O–H groups in total. The van der Waals surface area contributed by atoms with E-state index in [9.17, 15) is 9.59 Å². The van der Waals surface area contributed by atoms with Crippen LogP contribution in [0.1, 0.15) is 11.1 Å². The average molecular weight is 337 g/mol. The summed E-state index contributed by atoms with van der Waals surface area (Å²) in [6.07, 6.45) is 0. The molecule has 0 aromatic heterocycles. The molecule has 0 unspecified atom stereocenters. The number of nitrogens with one attached hydrogen (secondary N) is 2. The fourth-order valence-electron chi connectivity index (χ4n) is 1.82. The van der Waals surface area contributed by atoms with Gasteiger partial charge in [0.2, 0.25) is 0 Å². The fourth-order valence-corrected chi connectivity index (χ4v) is 2.16. The molecule has 0 radical (unpaired) electrons. The normalized spacial score (nSPS) is 10.2. The van der Waals surface area contributed by atoms with E-state index in [2.05, 4.69) is 10.6 Å². The van der Waals surface area contributed by atoms with Crippen molar-refractivity contribution in [3.05, 3.63) is 57.6 Å². The Labute approximate surface area is 138 Å². The summed E-state index contributed by atoms with van der Waals surface area (Å²) < 4.78 is 0. The minimum atomic E-state index is -0.773. The average Bonchev–Trinajstić information content (AvgIpc) is 2.46. The molecule has 0 aliphatic heterocycles. The van der Waals surface area contributed by atoms with Gasteiger partial charge in [0.1, 0.15) is 0 Å². The first-order valence-electron chi connectivity index (χ1n) is 6.51. The quantitative estimate of drug-likeness (QED) is 0.808. The maximum absolute atomic E-state index is 12.0. The number of hydrogen-bond donors (Lipinski definition) is 2. The van der Waals surface area contributed by atoms with Crippen molar-refractivity contribution in [2.24, 2.45) is 0 Å². The highest BCUT2D eigenvalue weighted by molar-refractivity contribution is 6.44. The lowest BCUT2D eigenvalue weighted by atomic mass is 10.2. The van der Waals surface area contributed by atoms with E-state index in [-0.39, 0.29) is 0 Å². The topological polar surface area (TPSA) is 58.2 Å². The van der Waals surface area contributed by atoms with Crippen molar-refractivity contribution >= 4 is 46.4 Å². The van der Waals surface area contributed by atoms with Gasteiger partial charge in [0.25, 0.3) is 0 Å². The SMILES string of the molecule is Cc1ccc(Cl)cc1NC(=O)C(=O)Nc1cc(Cl)ccc1C. The summed E-state index contributed by atoms with van der Waals surface area (Å²) in [5, 5.41) is 6.03. The Kier molecular flexibility index (Phi) is 5.06. The summed E-state index contributed by atoms with van der Waals surface area (Å²) in [5.41, 5.74) is 2.61. The Bertz CT molecular complexity index is 681. The second-order valence-corrected chi connectivity index (χ2v) is 5.70. The maximum atomic E-state index is 12.0. The largest absolute Gasteiger partial charge is 0.317 e. The van der Waals surface area contributed by atoms with E-state index in [0.717, 1.165) is 11.1 Å². The van der Waals surface area contributed by atoms with E-state index in [1.165, 1.54) is 0 Å². The standard InChI is InChI=1S/C16H14Cl2N2O2/c1-9-3-5-11(17)7-13(9)19-15(21)16(22)20-14-8-12(18)6-4-10(14)2/h3-8H,1-2H3,(H,19,21)(H,20,22). The zero-order chi connectivity index (χ0) is 16.3. The number of amides is 2. The molecule has 6 heteroatoms. The summed E-state index contributed by atoms with van der Waals surface area (Å²) >= 11 is 11.8. The van der Waals surface area contributed by atoms with Gasteiger partial charge in [-0.05, 0) is 49.2 Å². The summed E-state index contributed by atoms with van der Waals surface area (Å²) in [7, 11) is 0. The third-order valence-electron chi connectivity index (χ3n) is 3.10. The molecule has 4 nitrogen and oxygen atoms in total. The molecule has 2 aromatic rings. The van der Waals surface area contributed by atoms with E-state index >= 15 is 0 Å². The van der Waals surface area contributed by atoms with Crippen LogP contribution in [0.3, 0.4) is 0 Å². The van der Waals surface area contributed by atoms with Crippen molar-refractivity contribution in [2.45, 2.75) is 13.8 Å². The van der Waals surface area contributed by atoms with Gasteiger partial charge in [-0.15, -0.1) is 0 Å². The van der Waals surface area contributed by atoms with Crippen molar-refractivity contribution in [1.82, 2.24) is 0 Å². The Balaban J connectivity index is 2.11. The van der Waals surface area contributed by atoms with Crippen molar-refractivity contribution in [2.75, 3.05) is 10.6 Å². The Hall–Kier alpha value is -2.04. The predicted molar refractivity (Wildman–Crippen MR) is 89.6 cm³/mol. The highest BCUT2D eigenvalue weighted by Crippen LogP contribution is 2.21. The highest BCUT2D eigenvalue weighted by atomic mass is 35.5. The van der Waals surface area contributed by atoms with Crippen molar-refractivity contribution in [3.8, 4) is 0 Å². The Morgan fingerprint density at radius 1 is 0.773 bits per heavy atom. The third-order valence-corrected chi connectivity index (χ3v) is 3.57. The number of carbonyl (C=O) groups is 2. The summed E-state index contributed by atoms with van der Waals surface area (Å²) in [4.78, 5) is 24.0. The van der Waals surface area contributed by atoms with Gasteiger partial charge >= 0.3 is 11.8 Å². The minimum Gasteiger partial charge on any atom is -0.317 e. The molecule has 0 fully saturated rings. The number of carbonyl (C=O) groups excluding carboxylic acids is 2. The van der Waals surface area contributed by atoms with E-state index in [4.69, 9.17) is 23.2 Å². The van der Waals surface area contributed by atoms with Gasteiger partial charge in [0.05, 0.1) is 0 Å². The molecule has 0 aliphatic rings. The number of rotatable bonds is 2. The van der Waals surface area contributed by atoms with Crippen LogP contribution in [0, 0.1) is 13.8 Å². The van der Waals surface area contributed by atoms with Crippen LogP contribution in [0.4, 0.5) is 11.4 Å². The molecular formula is C16H14Cl2N2O2. The molecule has 0 heterocycles. The zero-order valence-electron chi connectivity index (χ0n) is 12.0. The molecule has 0 bridgehead atoms. The van der Waals surface area contributed by atoms with Crippen LogP contribution in [0.15, 0.2) is 36.4 Å². The third kappa shape index (κ3) is 4.00. The molecule has 0 saturated heterocycles. The molecule has 0 atom stereocenters. The molecule has 0 saturated carbocycles. The molecule has 2 amide bonds. The summed E-state index contributed by atoms with van der Waals surface area (Å²) in [5.74, 6) is -1.55. The van der Waals surface area contributed by atoms with Gasteiger partial charge in [-0.3, -0.25) is 9.59 Å². The van der Waals surface area contributed by atoms with E-state index in [1.807, 2.05) is 13.8 Å². The van der Waals surface area contributed by atoms with Crippen LogP contribution >= 0.6 is 23.2 Å². The number of halogens is 2. The molecule has 114 valence electrons. The van der Waals surface area contributed by atoms with Gasteiger partial charge in [0, 0.05) is 21.4 Å². The van der Waals surface area contributed by atoms with Gasteiger partial charge in [-0.1, -0.05) is 35.3 Å². The smallest absolute Gasteiger partial charge is 0.314 e. The summed E-state index contributed by atoms with van der Waals surface area (Å²) in [6, 6.07) is 10.1. The highest BCUT2D eigenvalue weighted by Gasteiger charge is 2.16. The number of aryl methyl sites for hydroxylation is 2. The first-order valence-corrected chi connectivity index (χ1v) is 7.27. The van der Waals surface area contributed by atoms with E-state index in [1.54, 1.807) is 36.4 Å². The number of benzene rings is 2. The lowest BCUT2D eigenvalue weighted by molar-refractivity contribution is -0.133. The molecule has 2 aromatic carbocycles. The second kappa shape index (κ2) is 6.81. The molecule has 2 rings (SSSR count). The summed E-state index contributed by atoms with van der Waals surface area (Å²) in [6.45, 7) is 3.62. The van der Waals surface area contributed by atoms with Crippen LogP contribution in [0.5, 0.6) is 0 Å². The maximum Gasteiger partial charge on any atom is 0.314 e. The van der Waals surface area contributed by atoms with Gasteiger partial charge < -0.3 is 10.6 Å². The van der Waals surface area contributed by atoms with Crippen LogP contribution in [-0.4, -0.2) is 11.8 Å². The van der Waals surface area contributed by atoms with Gasteiger partial charge in [-0.25, -0.2) is 0 Å². The van der Waals surface area contributed by atoms with E-state index < -0.39 is 11.8 Å². The monoisotopic (exact) mass is 336 g/mol. The van der Waals surface area contributed by atoms with Crippen LogP contribution < -0.4 is 10.6 Å².